The summed E-state index contributed by atoms with van der Waals surface area (Å²) in [6.07, 6.45) is 3.78. The second-order valence-electron chi connectivity index (χ2n) is 4.34. The molecular formula is C13H18FN. The molecule has 1 unspecified atom stereocenters. The van der Waals surface area contributed by atoms with Crippen LogP contribution >= 0.6 is 0 Å². The number of anilines is 1. The standard InChI is InChI=1S/C13H18FN/c1-2-11-5-4-8-15(10-11)13-7-3-6-12(14)9-13/h3,6-7,9,11H,2,4-5,8,10H2,1H3. The Balaban J connectivity index is 2.09. The zero-order valence-electron chi connectivity index (χ0n) is 9.25. The molecule has 1 aliphatic rings. The smallest absolute Gasteiger partial charge is 0.125 e. The first-order valence-electron chi connectivity index (χ1n) is 5.80. The van der Waals surface area contributed by atoms with Gasteiger partial charge in [0.15, 0.2) is 0 Å². The van der Waals surface area contributed by atoms with E-state index in [1.807, 2.05) is 6.07 Å². The van der Waals surface area contributed by atoms with Crippen LogP contribution in [0.15, 0.2) is 24.3 Å². The van der Waals surface area contributed by atoms with Crippen molar-refractivity contribution in [1.29, 1.82) is 0 Å². The normalized spacial score (nSPS) is 21.7. The van der Waals surface area contributed by atoms with E-state index in [9.17, 15) is 4.39 Å². The molecule has 82 valence electrons. The van der Waals surface area contributed by atoms with E-state index >= 15 is 0 Å². The molecule has 15 heavy (non-hydrogen) atoms. The first-order valence-corrected chi connectivity index (χ1v) is 5.80. The third kappa shape index (κ3) is 2.49. The maximum atomic E-state index is 13.1. The summed E-state index contributed by atoms with van der Waals surface area (Å²) in [5, 5.41) is 0. The largest absolute Gasteiger partial charge is 0.371 e. The molecule has 0 radical (unpaired) electrons. The fourth-order valence-corrected chi connectivity index (χ4v) is 2.31. The quantitative estimate of drug-likeness (QED) is 0.718. The van der Waals surface area contributed by atoms with Crippen molar-refractivity contribution in [3.8, 4) is 0 Å². The molecule has 1 heterocycles. The fraction of sp³-hybridized carbons (Fsp3) is 0.538. The van der Waals surface area contributed by atoms with Crippen molar-refractivity contribution in [3.63, 3.8) is 0 Å². The first-order chi connectivity index (χ1) is 7.29. The molecular weight excluding hydrogens is 189 g/mol. The molecule has 0 N–H and O–H groups in total. The molecule has 1 saturated heterocycles. The Morgan fingerprint density at radius 1 is 1.47 bits per heavy atom. The summed E-state index contributed by atoms with van der Waals surface area (Å²) in [4.78, 5) is 2.31. The fourth-order valence-electron chi connectivity index (χ4n) is 2.31. The molecule has 0 aromatic heterocycles. The van der Waals surface area contributed by atoms with Gasteiger partial charge in [-0.3, -0.25) is 0 Å². The second kappa shape index (κ2) is 4.65. The van der Waals surface area contributed by atoms with Gasteiger partial charge in [0, 0.05) is 18.8 Å². The van der Waals surface area contributed by atoms with Crippen LogP contribution in [0.2, 0.25) is 0 Å². The molecule has 1 aliphatic heterocycles. The predicted octanol–water partition coefficient (Wildman–Crippen LogP) is 3.45. The summed E-state index contributed by atoms with van der Waals surface area (Å²) in [7, 11) is 0. The number of nitrogens with zero attached hydrogens (tertiary/aromatic N) is 1. The van der Waals surface area contributed by atoms with E-state index in [0.717, 1.165) is 24.7 Å². The summed E-state index contributed by atoms with van der Waals surface area (Å²) in [6.45, 7) is 4.39. The summed E-state index contributed by atoms with van der Waals surface area (Å²) in [5.74, 6) is 0.646. The molecule has 0 spiro atoms. The summed E-state index contributed by atoms with van der Waals surface area (Å²) in [5.41, 5.74) is 1.04. The van der Waals surface area contributed by atoms with Crippen molar-refractivity contribution in [2.45, 2.75) is 26.2 Å². The van der Waals surface area contributed by atoms with Gasteiger partial charge in [-0.25, -0.2) is 4.39 Å². The molecule has 0 bridgehead atoms. The minimum Gasteiger partial charge on any atom is -0.371 e. The van der Waals surface area contributed by atoms with Crippen molar-refractivity contribution >= 4 is 5.69 Å². The van der Waals surface area contributed by atoms with Gasteiger partial charge in [-0.1, -0.05) is 19.4 Å². The highest BCUT2D eigenvalue weighted by molar-refractivity contribution is 5.46. The zero-order chi connectivity index (χ0) is 10.7. The Hall–Kier alpha value is -1.05. The van der Waals surface area contributed by atoms with Gasteiger partial charge in [-0.05, 0) is 37.0 Å². The van der Waals surface area contributed by atoms with Gasteiger partial charge in [-0.15, -0.1) is 0 Å². The van der Waals surface area contributed by atoms with Crippen molar-refractivity contribution in [2.75, 3.05) is 18.0 Å². The molecule has 0 aliphatic carbocycles. The van der Waals surface area contributed by atoms with E-state index in [4.69, 9.17) is 0 Å². The van der Waals surface area contributed by atoms with Gasteiger partial charge in [0.25, 0.3) is 0 Å². The summed E-state index contributed by atoms with van der Waals surface area (Å²) >= 11 is 0. The average Bonchev–Trinajstić information content (AvgIpc) is 2.29. The number of hydrogen-bond acceptors (Lipinski definition) is 1. The van der Waals surface area contributed by atoms with Crippen molar-refractivity contribution < 1.29 is 4.39 Å². The van der Waals surface area contributed by atoms with Crippen molar-refractivity contribution in [2.24, 2.45) is 5.92 Å². The monoisotopic (exact) mass is 207 g/mol. The summed E-state index contributed by atoms with van der Waals surface area (Å²) in [6, 6.07) is 6.93. The van der Waals surface area contributed by atoms with E-state index in [2.05, 4.69) is 11.8 Å². The van der Waals surface area contributed by atoms with Crippen molar-refractivity contribution in [1.82, 2.24) is 0 Å². The number of piperidine rings is 1. The Bertz CT molecular complexity index is 324. The Labute approximate surface area is 90.9 Å². The van der Waals surface area contributed by atoms with Crippen LogP contribution in [-0.4, -0.2) is 13.1 Å². The highest BCUT2D eigenvalue weighted by Gasteiger charge is 2.18. The maximum absolute atomic E-state index is 13.1. The molecule has 1 aromatic carbocycles. The Kier molecular flexibility index (Phi) is 3.24. The number of rotatable bonds is 2. The lowest BCUT2D eigenvalue weighted by atomic mass is 9.95. The van der Waals surface area contributed by atoms with E-state index < -0.39 is 0 Å². The van der Waals surface area contributed by atoms with Gasteiger partial charge < -0.3 is 4.90 Å². The molecule has 2 heteroatoms. The number of halogens is 1. The third-order valence-corrected chi connectivity index (χ3v) is 3.27. The van der Waals surface area contributed by atoms with Gasteiger partial charge in [0.2, 0.25) is 0 Å². The predicted molar refractivity (Wildman–Crippen MR) is 61.6 cm³/mol. The highest BCUT2D eigenvalue weighted by Crippen LogP contribution is 2.24. The van der Waals surface area contributed by atoms with Gasteiger partial charge in [0.1, 0.15) is 5.82 Å². The summed E-state index contributed by atoms with van der Waals surface area (Å²) < 4.78 is 13.1. The van der Waals surface area contributed by atoms with Crippen LogP contribution in [0, 0.1) is 11.7 Å². The maximum Gasteiger partial charge on any atom is 0.125 e. The topological polar surface area (TPSA) is 3.24 Å². The van der Waals surface area contributed by atoms with Crippen LogP contribution in [0.1, 0.15) is 26.2 Å². The highest BCUT2D eigenvalue weighted by atomic mass is 19.1. The molecule has 1 aromatic rings. The van der Waals surface area contributed by atoms with Gasteiger partial charge in [-0.2, -0.15) is 0 Å². The van der Waals surface area contributed by atoms with E-state index in [0.29, 0.717) is 0 Å². The van der Waals surface area contributed by atoms with Crippen LogP contribution in [-0.2, 0) is 0 Å². The van der Waals surface area contributed by atoms with Gasteiger partial charge in [0.05, 0.1) is 0 Å². The van der Waals surface area contributed by atoms with E-state index in [1.165, 1.54) is 25.3 Å². The zero-order valence-corrected chi connectivity index (χ0v) is 9.25. The minimum atomic E-state index is -0.133. The lowest BCUT2D eigenvalue weighted by Crippen LogP contribution is -2.35. The van der Waals surface area contributed by atoms with Crippen LogP contribution in [0.4, 0.5) is 10.1 Å². The van der Waals surface area contributed by atoms with E-state index in [-0.39, 0.29) is 5.82 Å². The molecule has 2 rings (SSSR count). The van der Waals surface area contributed by atoms with Crippen LogP contribution in [0.5, 0.6) is 0 Å². The third-order valence-electron chi connectivity index (χ3n) is 3.27. The molecule has 1 nitrogen and oxygen atoms in total. The average molecular weight is 207 g/mol. The van der Waals surface area contributed by atoms with Gasteiger partial charge >= 0.3 is 0 Å². The SMILES string of the molecule is CCC1CCCN(c2cccc(F)c2)C1. The Morgan fingerprint density at radius 2 is 2.33 bits per heavy atom. The van der Waals surface area contributed by atoms with Crippen LogP contribution < -0.4 is 4.90 Å². The van der Waals surface area contributed by atoms with Crippen LogP contribution in [0.3, 0.4) is 0 Å². The number of hydrogen-bond donors (Lipinski definition) is 0. The molecule has 1 fully saturated rings. The first kappa shape index (κ1) is 10.5. The number of benzene rings is 1. The molecule has 0 amide bonds. The second-order valence-corrected chi connectivity index (χ2v) is 4.34. The lowest BCUT2D eigenvalue weighted by molar-refractivity contribution is 0.404. The van der Waals surface area contributed by atoms with Crippen LogP contribution in [0.25, 0.3) is 0 Å². The van der Waals surface area contributed by atoms with Crippen molar-refractivity contribution in [3.05, 3.63) is 30.1 Å². The Morgan fingerprint density at radius 3 is 3.07 bits per heavy atom. The van der Waals surface area contributed by atoms with E-state index in [1.54, 1.807) is 12.1 Å². The molecule has 0 saturated carbocycles. The lowest BCUT2D eigenvalue weighted by Gasteiger charge is -2.34. The minimum absolute atomic E-state index is 0.133. The molecule has 1 atom stereocenters.